The van der Waals surface area contributed by atoms with E-state index in [0.717, 1.165) is 13.0 Å². The molecule has 0 radical (unpaired) electrons. The monoisotopic (exact) mass is 177 g/mol. The highest BCUT2D eigenvalue weighted by Crippen LogP contribution is 2.30. The Balaban J connectivity index is 2.22. The summed E-state index contributed by atoms with van der Waals surface area (Å²) in [6.07, 6.45) is 1.15. The maximum absolute atomic E-state index is 6.05. The van der Waals surface area contributed by atoms with Crippen molar-refractivity contribution in [1.82, 2.24) is 0 Å². The second kappa shape index (κ2) is 3.48. The van der Waals surface area contributed by atoms with Crippen LogP contribution in [0.25, 0.3) is 0 Å². The SMILES string of the molecule is CCO[C@@H]1Cc2ccccc2[C@@H]1N. The van der Waals surface area contributed by atoms with Crippen LogP contribution in [0.1, 0.15) is 24.1 Å². The van der Waals surface area contributed by atoms with Gasteiger partial charge in [-0.05, 0) is 18.1 Å². The second-order valence-corrected chi connectivity index (χ2v) is 3.42. The number of hydrogen-bond acceptors (Lipinski definition) is 2. The molecule has 0 saturated heterocycles. The molecule has 0 aliphatic heterocycles. The molecule has 2 N–H and O–H groups in total. The van der Waals surface area contributed by atoms with Gasteiger partial charge in [-0.25, -0.2) is 0 Å². The summed E-state index contributed by atoms with van der Waals surface area (Å²) in [5, 5.41) is 0. The van der Waals surface area contributed by atoms with Crippen molar-refractivity contribution in [2.75, 3.05) is 6.61 Å². The number of hydrogen-bond donors (Lipinski definition) is 1. The number of benzene rings is 1. The van der Waals surface area contributed by atoms with Gasteiger partial charge < -0.3 is 10.5 Å². The minimum atomic E-state index is 0.0659. The molecule has 2 nitrogen and oxygen atoms in total. The molecule has 0 saturated carbocycles. The molecule has 1 aromatic carbocycles. The topological polar surface area (TPSA) is 35.2 Å². The minimum absolute atomic E-state index is 0.0659. The van der Waals surface area contributed by atoms with Crippen molar-refractivity contribution in [3.63, 3.8) is 0 Å². The third kappa shape index (κ3) is 1.47. The lowest BCUT2D eigenvalue weighted by Crippen LogP contribution is -2.24. The summed E-state index contributed by atoms with van der Waals surface area (Å²) in [4.78, 5) is 0. The van der Waals surface area contributed by atoms with Crippen LogP contribution >= 0.6 is 0 Å². The molecule has 2 atom stereocenters. The highest BCUT2D eigenvalue weighted by molar-refractivity contribution is 5.36. The summed E-state index contributed by atoms with van der Waals surface area (Å²) < 4.78 is 5.57. The Labute approximate surface area is 78.7 Å². The quantitative estimate of drug-likeness (QED) is 0.745. The summed E-state index contributed by atoms with van der Waals surface area (Å²) in [5.74, 6) is 0. The van der Waals surface area contributed by atoms with Crippen molar-refractivity contribution in [3.05, 3.63) is 35.4 Å². The molecule has 0 spiro atoms. The van der Waals surface area contributed by atoms with Crippen LogP contribution in [0.4, 0.5) is 0 Å². The van der Waals surface area contributed by atoms with Gasteiger partial charge >= 0.3 is 0 Å². The Morgan fingerprint density at radius 2 is 2.23 bits per heavy atom. The van der Waals surface area contributed by atoms with Crippen LogP contribution in [0.15, 0.2) is 24.3 Å². The summed E-state index contributed by atoms with van der Waals surface area (Å²) in [5.41, 5.74) is 8.64. The van der Waals surface area contributed by atoms with E-state index in [1.807, 2.05) is 13.0 Å². The second-order valence-electron chi connectivity index (χ2n) is 3.42. The van der Waals surface area contributed by atoms with Crippen LogP contribution < -0.4 is 5.73 Å². The molecule has 2 heteroatoms. The van der Waals surface area contributed by atoms with E-state index in [0.29, 0.717) is 0 Å². The van der Waals surface area contributed by atoms with E-state index in [2.05, 4.69) is 18.2 Å². The molecule has 1 aliphatic carbocycles. The van der Waals surface area contributed by atoms with Gasteiger partial charge in [0.05, 0.1) is 12.1 Å². The first-order valence-corrected chi connectivity index (χ1v) is 4.78. The fourth-order valence-corrected chi connectivity index (χ4v) is 1.97. The number of nitrogens with two attached hydrogens (primary N) is 1. The summed E-state index contributed by atoms with van der Waals surface area (Å²) in [7, 11) is 0. The fourth-order valence-electron chi connectivity index (χ4n) is 1.97. The summed E-state index contributed by atoms with van der Waals surface area (Å²) in [6.45, 7) is 2.75. The molecule has 2 rings (SSSR count). The predicted octanol–water partition coefficient (Wildman–Crippen LogP) is 1.65. The third-order valence-electron chi connectivity index (χ3n) is 2.62. The van der Waals surface area contributed by atoms with E-state index in [4.69, 9.17) is 10.5 Å². The molecule has 0 amide bonds. The lowest BCUT2D eigenvalue weighted by atomic mass is 10.1. The predicted molar refractivity (Wildman–Crippen MR) is 52.5 cm³/mol. The van der Waals surface area contributed by atoms with Crippen molar-refractivity contribution >= 4 is 0 Å². The molecule has 0 aromatic heterocycles. The van der Waals surface area contributed by atoms with Gasteiger partial charge in [0, 0.05) is 13.0 Å². The zero-order valence-corrected chi connectivity index (χ0v) is 7.86. The van der Waals surface area contributed by atoms with E-state index < -0.39 is 0 Å². The maximum atomic E-state index is 6.05. The van der Waals surface area contributed by atoms with Crippen molar-refractivity contribution in [1.29, 1.82) is 0 Å². The van der Waals surface area contributed by atoms with Crippen molar-refractivity contribution < 1.29 is 4.74 Å². The van der Waals surface area contributed by atoms with E-state index in [1.54, 1.807) is 0 Å². The van der Waals surface area contributed by atoms with Gasteiger partial charge in [0.1, 0.15) is 0 Å². The largest absolute Gasteiger partial charge is 0.376 e. The molecular weight excluding hydrogens is 162 g/mol. The molecule has 70 valence electrons. The van der Waals surface area contributed by atoms with Crippen LogP contribution in [0.5, 0.6) is 0 Å². The maximum Gasteiger partial charge on any atom is 0.0807 e. The third-order valence-corrected chi connectivity index (χ3v) is 2.62. The lowest BCUT2D eigenvalue weighted by molar-refractivity contribution is 0.0529. The fraction of sp³-hybridized carbons (Fsp3) is 0.455. The molecule has 1 aromatic rings. The first kappa shape index (κ1) is 8.73. The van der Waals surface area contributed by atoms with E-state index >= 15 is 0 Å². The Hall–Kier alpha value is -0.860. The Kier molecular flexibility index (Phi) is 2.34. The molecular formula is C11H15NO. The van der Waals surface area contributed by atoms with Gasteiger partial charge in [0.15, 0.2) is 0 Å². The molecule has 0 unspecified atom stereocenters. The van der Waals surface area contributed by atoms with Crippen LogP contribution in [0.3, 0.4) is 0 Å². The summed E-state index contributed by atoms with van der Waals surface area (Å²) >= 11 is 0. The minimum Gasteiger partial charge on any atom is -0.376 e. The first-order valence-electron chi connectivity index (χ1n) is 4.78. The average Bonchev–Trinajstić information content (AvgIpc) is 2.46. The van der Waals surface area contributed by atoms with E-state index in [1.165, 1.54) is 11.1 Å². The first-order chi connectivity index (χ1) is 6.33. The van der Waals surface area contributed by atoms with Crippen LogP contribution in [0, 0.1) is 0 Å². The van der Waals surface area contributed by atoms with Gasteiger partial charge in [-0.3, -0.25) is 0 Å². The van der Waals surface area contributed by atoms with E-state index in [9.17, 15) is 0 Å². The van der Waals surface area contributed by atoms with Gasteiger partial charge in [0.2, 0.25) is 0 Å². The zero-order valence-electron chi connectivity index (χ0n) is 7.86. The van der Waals surface area contributed by atoms with Gasteiger partial charge in [-0.2, -0.15) is 0 Å². The van der Waals surface area contributed by atoms with Crippen LogP contribution in [-0.4, -0.2) is 12.7 Å². The number of fused-ring (bicyclic) bond motifs is 1. The van der Waals surface area contributed by atoms with Crippen molar-refractivity contribution in [3.8, 4) is 0 Å². The number of ether oxygens (including phenoxy) is 1. The highest BCUT2D eigenvalue weighted by atomic mass is 16.5. The smallest absolute Gasteiger partial charge is 0.0807 e. The van der Waals surface area contributed by atoms with E-state index in [-0.39, 0.29) is 12.1 Å². The standard InChI is InChI=1S/C11H15NO/c1-2-13-10-7-8-5-3-4-6-9(8)11(10)12/h3-6,10-11H,2,7,12H2,1H3/t10-,11+/m1/s1. The summed E-state index contributed by atoms with van der Waals surface area (Å²) in [6, 6.07) is 8.39. The van der Waals surface area contributed by atoms with Gasteiger partial charge in [0.25, 0.3) is 0 Å². The number of rotatable bonds is 2. The average molecular weight is 177 g/mol. The van der Waals surface area contributed by atoms with Crippen molar-refractivity contribution in [2.24, 2.45) is 5.73 Å². The molecule has 0 bridgehead atoms. The Bertz CT molecular complexity index is 298. The van der Waals surface area contributed by atoms with Crippen molar-refractivity contribution in [2.45, 2.75) is 25.5 Å². The lowest BCUT2D eigenvalue weighted by Gasteiger charge is -2.15. The van der Waals surface area contributed by atoms with Crippen LogP contribution in [-0.2, 0) is 11.2 Å². The molecule has 1 aliphatic rings. The van der Waals surface area contributed by atoms with Gasteiger partial charge in [-0.1, -0.05) is 24.3 Å². The van der Waals surface area contributed by atoms with Crippen LogP contribution in [0.2, 0.25) is 0 Å². The normalized spacial score (nSPS) is 26.0. The Morgan fingerprint density at radius 3 is 2.92 bits per heavy atom. The molecule has 0 fully saturated rings. The van der Waals surface area contributed by atoms with Gasteiger partial charge in [-0.15, -0.1) is 0 Å². The molecule has 13 heavy (non-hydrogen) atoms. The highest BCUT2D eigenvalue weighted by Gasteiger charge is 2.29. The molecule has 0 heterocycles. The zero-order chi connectivity index (χ0) is 9.26. The Morgan fingerprint density at radius 1 is 1.46 bits per heavy atom.